The van der Waals surface area contributed by atoms with Crippen molar-refractivity contribution >= 4 is 21.6 Å². The Morgan fingerprint density at radius 3 is 2.50 bits per heavy atom. The van der Waals surface area contributed by atoms with Crippen molar-refractivity contribution in [3.05, 3.63) is 28.2 Å². The molecule has 0 aromatic heterocycles. The van der Waals surface area contributed by atoms with Crippen LogP contribution in [0.5, 0.6) is 0 Å². The van der Waals surface area contributed by atoms with E-state index in [0.29, 0.717) is 12.1 Å². The third kappa shape index (κ3) is 5.08. The number of halogens is 1. The Labute approximate surface area is 131 Å². The van der Waals surface area contributed by atoms with E-state index < -0.39 is 0 Å². The second-order valence-corrected chi connectivity index (χ2v) is 6.27. The molecule has 0 saturated carbocycles. The molecule has 0 bridgehead atoms. The van der Waals surface area contributed by atoms with Gasteiger partial charge in [-0.3, -0.25) is 0 Å². The van der Waals surface area contributed by atoms with Crippen molar-refractivity contribution in [2.24, 2.45) is 0 Å². The van der Waals surface area contributed by atoms with Gasteiger partial charge in [-0.15, -0.1) is 0 Å². The minimum Gasteiger partial charge on any atom is -0.383 e. The molecule has 3 nitrogen and oxygen atoms in total. The van der Waals surface area contributed by atoms with Crippen LogP contribution in [-0.2, 0) is 11.3 Å². The van der Waals surface area contributed by atoms with E-state index in [1.807, 2.05) is 0 Å². The lowest BCUT2D eigenvalue weighted by molar-refractivity contribution is 0.182. The number of nitrogens with zero attached hydrogens (tertiary/aromatic N) is 1. The fourth-order valence-corrected chi connectivity index (χ4v) is 2.92. The highest BCUT2D eigenvalue weighted by Crippen LogP contribution is 2.29. The van der Waals surface area contributed by atoms with Crippen molar-refractivity contribution in [1.29, 1.82) is 0 Å². The topological polar surface area (TPSA) is 24.5 Å². The second kappa shape index (κ2) is 8.65. The fourth-order valence-electron chi connectivity index (χ4n) is 2.27. The van der Waals surface area contributed by atoms with Crippen LogP contribution in [0.4, 0.5) is 5.69 Å². The first-order valence-electron chi connectivity index (χ1n) is 7.27. The van der Waals surface area contributed by atoms with E-state index in [1.165, 1.54) is 11.3 Å². The molecule has 0 saturated heterocycles. The Kier molecular flexibility index (Phi) is 7.56. The lowest BCUT2D eigenvalue weighted by Crippen LogP contribution is -2.36. The van der Waals surface area contributed by atoms with Crippen LogP contribution in [0, 0.1) is 0 Å². The van der Waals surface area contributed by atoms with Gasteiger partial charge >= 0.3 is 0 Å². The van der Waals surface area contributed by atoms with Crippen LogP contribution in [0.15, 0.2) is 22.7 Å². The molecule has 0 aliphatic heterocycles. The van der Waals surface area contributed by atoms with Gasteiger partial charge in [-0.25, -0.2) is 0 Å². The molecule has 1 rings (SSSR count). The number of ether oxygens (including phenoxy) is 1. The Morgan fingerprint density at radius 1 is 1.30 bits per heavy atom. The molecule has 1 aromatic rings. The number of methoxy groups -OCH3 is 1. The van der Waals surface area contributed by atoms with Gasteiger partial charge in [-0.2, -0.15) is 0 Å². The van der Waals surface area contributed by atoms with Crippen molar-refractivity contribution in [2.45, 2.75) is 46.3 Å². The Hall–Kier alpha value is -0.580. The van der Waals surface area contributed by atoms with Gasteiger partial charge in [0, 0.05) is 36.8 Å². The van der Waals surface area contributed by atoms with Crippen molar-refractivity contribution in [3.8, 4) is 0 Å². The molecule has 0 amide bonds. The summed E-state index contributed by atoms with van der Waals surface area (Å²) in [6, 6.07) is 7.45. The third-order valence-corrected chi connectivity index (χ3v) is 3.95. The van der Waals surface area contributed by atoms with E-state index >= 15 is 0 Å². The number of likely N-dealkylation sites (N-methyl/N-ethyl adjacent to an activating group) is 1. The van der Waals surface area contributed by atoms with Crippen molar-refractivity contribution in [3.63, 3.8) is 0 Å². The van der Waals surface area contributed by atoms with E-state index in [1.54, 1.807) is 7.11 Å². The maximum atomic E-state index is 5.27. The summed E-state index contributed by atoms with van der Waals surface area (Å²) in [7, 11) is 1.75. The number of anilines is 1. The quantitative estimate of drug-likeness (QED) is 0.777. The van der Waals surface area contributed by atoms with E-state index in [-0.39, 0.29) is 0 Å². The van der Waals surface area contributed by atoms with Crippen LogP contribution < -0.4 is 10.2 Å². The molecule has 0 heterocycles. The smallest absolute Gasteiger partial charge is 0.0663 e. The minimum atomic E-state index is 0.362. The second-order valence-electron chi connectivity index (χ2n) is 5.41. The third-order valence-electron chi connectivity index (χ3n) is 3.32. The Bertz CT molecular complexity index is 409. The molecule has 1 atom stereocenters. The maximum absolute atomic E-state index is 5.27. The molecule has 0 aliphatic carbocycles. The zero-order valence-electron chi connectivity index (χ0n) is 13.2. The van der Waals surface area contributed by atoms with Crippen LogP contribution in [0.2, 0.25) is 0 Å². The standard InChI is InChI=1S/C16H27BrN2O/c1-6-19(13(4)11-20-5)16-8-7-14(9-15(16)17)10-18-12(2)3/h7-9,12-13,18H,6,10-11H2,1-5H3. The minimum absolute atomic E-state index is 0.362. The zero-order chi connectivity index (χ0) is 15.1. The predicted molar refractivity (Wildman–Crippen MR) is 90.5 cm³/mol. The average Bonchev–Trinajstić information content (AvgIpc) is 2.39. The van der Waals surface area contributed by atoms with Gasteiger partial charge in [0.25, 0.3) is 0 Å². The monoisotopic (exact) mass is 342 g/mol. The average molecular weight is 343 g/mol. The van der Waals surface area contributed by atoms with Gasteiger partial charge in [-0.1, -0.05) is 19.9 Å². The molecule has 1 unspecified atom stereocenters. The molecule has 0 aliphatic rings. The van der Waals surface area contributed by atoms with Crippen molar-refractivity contribution in [1.82, 2.24) is 5.32 Å². The molecular weight excluding hydrogens is 316 g/mol. The first kappa shape index (κ1) is 17.5. The highest BCUT2D eigenvalue weighted by Gasteiger charge is 2.15. The summed E-state index contributed by atoms with van der Waals surface area (Å²) in [5.74, 6) is 0. The lowest BCUT2D eigenvalue weighted by Gasteiger charge is -2.31. The highest BCUT2D eigenvalue weighted by molar-refractivity contribution is 9.10. The molecule has 1 aromatic carbocycles. The fraction of sp³-hybridized carbons (Fsp3) is 0.625. The van der Waals surface area contributed by atoms with E-state index in [2.05, 4.69) is 72.0 Å². The lowest BCUT2D eigenvalue weighted by atomic mass is 10.1. The number of hydrogen-bond donors (Lipinski definition) is 1. The summed E-state index contributed by atoms with van der Waals surface area (Å²) in [5.41, 5.74) is 2.52. The molecule has 4 heteroatoms. The Balaban J connectivity index is 2.84. The van der Waals surface area contributed by atoms with Crippen LogP contribution in [0.1, 0.15) is 33.3 Å². The number of hydrogen-bond acceptors (Lipinski definition) is 3. The van der Waals surface area contributed by atoms with E-state index in [0.717, 1.165) is 24.2 Å². The molecule has 1 N–H and O–H groups in total. The number of benzene rings is 1. The summed E-state index contributed by atoms with van der Waals surface area (Å²) in [6.45, 7) is 11.3. The van der Waals surface area contributed by atoms with Crippen molar-refractivity contribution < 1.29 is 4.74 Å². The van der Waals surface area contributed by atoms with Gasteiger partial charge < -0.3 is 15.0 Å². The van der Waals surface area contributed by atoms with Gasteiger partial charge in [0.05, 0.1) is 12.3 Å². The van der Waals surface area contributed by atoms with Crippen LogP contribution >= 0.6 is 15.9 Å². The molecule has 20 heavy (non-hydrogen) atoms. The van der Waals surface area contributed by atoms with Crippen LogP contribution in [0.25, 0.3) is 0 Å². The normalized spacial score (nSPS) is 12.8. The summed E-state index contributed by atoms with van der Waals surface area (Å²) in [4.78, 5) is 2.35. The summed E-state index contributed by atoms with van der Waals surface area (Å²) in [6.07, 6.45) is 0. The molecular formula is C16H27BrN2O. The Morgan fingerprint density at radius 2 is 2.00 bits per heavy atom. The number of rotatable bonds is 8. The van der Waals surface area contributed by atoms with E-state index in [9.17, 15) is 0 Å². The largest absolute Gasteiger partial charge is 0.383 e. The molecule has 0 fully saturated rings. The van der Waals surface area contributed by atoms with Gasteiger partial charge in [0.1, 0.15) is 0 Å². The predicted octanol–water partition coefficient (Wildman–Crippen LogP) is 3.81. The first-order chi connectivity index (χ1) is 9.49. The molecule has 0 spiro atoms. The van der Waals surface area contributed by atoms with Crippen molar-refractivity contribution in [2.75, 3.05) is 25.2 Å². The maximum Gasteiger partial charge on any atom is 0.0663 e. The summed E-state index contributed by atoms with van der Waals surface area (Å²) in [5, 5.41) is 3.44. The summed E-state index contributed by atoms with van der Waals surface area (Å²) >= 11 is 3.70. The highest BCUT2D eigenvalue weighted by atomic mass is 79.9. The molecule has 114 valence electrons. The zero-order valence-corrected chi connectivity index (χ0v) is 14.8. The van der Waals surface area contributed by atoms with Gasteiger partial charge in [-0.05, 0) is 47.5 Å². The first-order valence-corrected chi connectivity index (χ1v) is 8.06. The van der Waals surface area contributed by atoms with E-state index in [4.69, 9.17) is 4.74 Å². The van der Waals surface area contributed by atoms with Crippen LogP contribution in [-0.4, -0.2) is 32.3 Å². The SMILES string of the molecule is CCN(c1ccc(CNC(C)C)cc1Br)C(C)COC. The van der Waals surface area contributed by atoms with Crippen LogP contribution in [0.3, 0.4) is 0 Å². The van der Waals surface area contributed by atoms with Gasteiger partial charge in [0.2, 0.25) is 0 Å². The molecule has 0 radical (unpaired) electrons. The number of nitrogens with one attached hydrogen (secondary N) is 1. The van der Waals surface area contributed by atoms with Gasteiger partial charge in [0.15, 0.2) is 0 Å². The summed E-state index contributed by atoms with van der Waals surface area (Å²) < 4.78 is 6.41.